The van der Waals surface area contributed by atoms with Gasteiger partial charge in [0.25, 0.3) is 5.56 Å². The van der Waals surface area contributed by atoms with Crippen molar-refractivity contribution in [2.45, 2.75) is 32.1 Å². The van der Waals surface area contributed by atoms with Gasteiger partial charge in [-0.3, -0.25) is 18.7 Å². The third-order valence-corrected chi connectivity index (χ3v) is 7.79. The van der Waals surface area contributed by atoms with Crippen molar-refractivity contribution >= 4 is 40.2 Å². The lowest BCUT2D eigenvalue weighted by molar-refractivity contribution is 0.192. The molecule has 166 valence electrons. The normalized spacial score (nSPS) is 16.8. The Bertz CT molecular complexity index is 1550. The predicted molar refractivity (Wildman–Crippen MR) is 134 cm³/mol. The van der Waals surface area contributed by atoms with Crippen molar-refractivity contribution in [3.63, 3.8) is 0 Å². The zero-order valence-electron chi connectivity index (χ0n) is 18.0. The summed E-state index contributed by atoms with van der Waals surface area (Å²) in [6.07, 6.45) is 2.30. The van der Waals surface area contributed by atoms with Gasteiger partial charge in [0.15, 0.2) is 0 Å². The van der Waals surface area contributed by atoms with Gasteiger partial charge in [0.2, 0.25) is 10.5 Å². The van der Waals surface area contributed by atoms with E-state index >= 15 is 0 Å². The molecule has 0 radical (unpaired) electrons. The second kappa shape index (κ2) is 8.37. The van der Waals surface area contributed by atoms with Crippen molar-refractivity contribution in [3.8, 4) is 0 Å². The molecule has 0 N–H and O–H groups in total. The van der Waals surface area contributed by atoms with Gasteiger partial charge in [0.1, 0.15) is 0 Å². The van der Waals surface area contributed by atoms with Gasteiger partial charge in [-0.25, -0.2) is 4.68 Å². The van der Waals surface area contributed by atoms with Crippen LogP contribution in [0.4, 0.5) is 0 Å². The first kappa shape index (κ1) is 20.5. The number of benzene rings is 2. The van der Waals surface area contributed by atoms with Gasteiger partial charge < -0.3 is 0 Å². The first-order valence-corrected chi connectivity index (χ1v) is 12.4. The van der Waals surface area contributed by atoms with Crippen molar-refractivity contribution in [2.24, 2.45) is 0 Å². The molecule has 8 heteroatoms. The van der Waals surface area contributed by atoms with E-state index in [0.29, 0.717) is 35.2 Å². The molecule has 6 rings (SSSR count). The number of aromatic nitrogens is 4. The molecule has 0 spiro atoms. The molecule has 1 fully saturated rings. The van der Waals surface area contributed by atoms with Gasteiger partial charge in [-0.15, -0.1) is 16.4 Å². The number of likely N-dealkylation sites (tertiary alicyclic amines) is 1. The Morgan fingerprint density at radius 2 is 1.85 bits per heavy atom. The number of nitrogens with zero attached hydrogens (tertiary/aromatic N) is 5. The summed E-state index contributed by atoms with van der Waals surface area (Å²) in [7, 11) is 0. The maximum Gasteiger partial charge on any atom is 0.263 e. The minimum absolute atomic E-state index is 0.0493. The quantitative estimate of drug-likeness (QED) is 0.334. The highest BCUT2D eigenvalue weighted by atomic mass is 32.1. The van der Waals surface area contributed by atoms with E-state index in [-0.39, 0.29) is 5.56 Å². The highest BCUT2D eigenvalue weighted by Gasteiger charge is 2.28. The predicted octanol–water partition coefficient (Wildman–Crippen LogP) is 5.08. The average molecular weight is 474 g/mol. The molecule has 4 heterocycles. The van der Waals surface area contributed by atoms with Crippen LogP contribution in [0.3, 0.4) is 0 Å². The van der Waals surface area contributed by atoms with E-state index in [2.05, 4.69) is 22.4 Å². The van der Waals surface area contributed by atoms with Crippen LogP contribution in [0.2, 0.25) is 0 Å². The average Bonchev–Trinajstić information content (AvgIpc) is 3.59. The molecule has 1 saturated heterocycles. The Hall–Kier alpha value is -3.07. The summed E-state index contributed by atoms with van der Waals surface area (Å²) in [5, 5.41) is 7.68. The van der Waals surface area contributed by atoms with Gasteiger partial charge in [-0.2, -0.15) is 0 Å². The molecule has 5 aromatic rings. The minimum atomic E-state index is -0.0493. The van der Waals surface area contributed by atoms with Crippen molar-refractivity contribution in [2.75, 3.05) is 6.54 Å². The largest absolute Gasteiger partial charge is 0.276 e. The van der Waals surface area contributed by atoms with Gasteiger partial charge in [-0.1, -0.05) is 48.5 Å². The summed E-state index contributed by atoms with van der Waals surface area (Å²) in [5.41, 5.74) is 1.80. The highest BCUT2D eigenvalue weighted by Crippen LogP contribution is 2.34. The summed E-state index contributed by atoms with van der Waals surface area (Å²) in [5.74, 6) is 0.583. The van der Waals surface area contributed by atoms with Gasteiger partial charge in [-0.05, 0) is 54.2 Å². The maximum atomic E-state index is 13.5. The van der Waals surface area contributed by atoms with E-state index < -0.39 is 0 Å². The molecule has 0 amide bonds. The molecule has 33 heavy (non-hydrogen) atoms. The second-order valence-corrected chi connectivity index (χ2v) is 9.78. The first-order valence-electron chi connectivity index (χ1n) is 11.1. The van der Waals surface area contributed by atoms with Crippen LogP contribution in [-0.2, 0) is 13.2 Å². The van der Waals surface area contributed by atoms with E-state index in [1.165, 1.54) is 4.88 Å². The molecule has 0 saturated carbocycles. The summed E-state index contributed by atoms with van der Waals surface area (Å²) in [4.78, 5) is 17.3. The summed E-state index contributed by atoms with van der Waals surface area (Å²) in [6, 6.07) is 22.4. The maximum absolute atomic E-state index is 13.5. The number of thiophene rings is 1. The monoisotopic (exact) mass is 473 g/mol. The van der Waals surface area contributed by atoms with Crippen LogP contribution in [0.1, 0.15) is 29.3 Å². The smallest absolute Gasteiger partial charge is 0.263 e. The second-order valence-electron chi connectivity index (χ2n) is 8.44. The van der Waals surface area contributed by atoms with Crippen LogP contribution in [-0.4, -0.2) is 30.2 Å². The van der Waals surface area contributed by atoms with Crippen LogP contribution >= 0.6 is 23.6 Å². The Kier molecular flexibility index (Phi) is 5.21. The topological polar surface area (TPSA) is 47.5 Å². The van der Waals surface area contributed by atoms with Crippen LogP contribution in [0, 0.1) is 4.77 Å². The Morgan fingerprint density at radius 1 is 1.03 bits per heavy atom. The summed E-state index contributed by atoms with van der Waals surface area (Å²) >= 11 is 7.72. The zero-order valence-corrected chi connectivity index (χ0v) is 19.6. The van der Waals surface area contributed by atoms with Crippen LogP contribution in [0.25, 0.3) is 16.7 Å². The number of hydrogen-bond acceptors (Lipinski definition) is 5. The molecule has 6 nitrogen and oxygen atoms in total. The van der Waals surface area contributed by atoms with Gasteiger partial charge >= 0.3 is 0 Å². The standard InChI is InChI=1S/C25H23N5OS2/c31-23-19-10-4-5-11-20(19)30-24(28(23)16-18-8-2-1-3-9-18)26-29(25(30)32)17-27-14-6-12-21(27)22-13-7-15-33-22/h1-5,7-11,13,15,21H,6,12,14,16-17H2. The first-order chi connectivity index (χ1) is 16.2. The molecule has 3 aromatic heterocycles. The Morgan fingerprint density at radius 3 is 2.67 bits per heavy atom. The zero-order chi connectivity index (χ0) is 22.4. The molecule has 1 atom stereocenters. The van der Waals surface area contributed by atoms with E-state index in [1.807, 2.05) is 63.7 Å². The highest BCUT2D eigenvalue weighted by molar-refractivity contribution is 7.71. The number of para-hydroxylation sites is 1. The van der Waals surface area contributed by atoms with Crippen LogP contribution in [0.5, 0.6) is 0 Å². The molecule has 0 aliphatic carbocycles. The third kappa shape index (κ3) is 3.55. The van der Waals surface area contributed by atoms with Crippen molar-refractivity contribution in [3.05, 3.63) is 97.7 Å². The third-order valence-electron chi connectivity index (χ3n) is 6.42. The molecule has 1 unspecified atom stereocenters. The van der Waals surface area contributed by atoms with Gasteiger partial charge in [0.05, 0.1) is 24.1 Å². The SMILES string of the molecule is O=c1c2ccccc2n2c(=S)n(CN3CCCC3c3cccs3)nc2n1Cc1ccccc1. The lowest BCUT2D eigenvalue weighted by Gasteiger charge is -2.23. The molecule has 1 aliphatic heterocycles. The summed E-state index contributed by atoms with van der Waals surface area (Å²) < 4.78 is 6.18. The van der Waals surface area contributed by atoms with Crippen LogP contribution < -0.4 is 5.56 Å². The fraction of sp³-hybridized carbons (Fsp3) is 0.240. The molecule has 2 aromatic carbocycles. The fourth-order valence-corrected chi connectivity index (χ4v) is 6.01. The van der Waals surface area contributed by atoms with E-state index in [9.17, 15) is 4.79 Å². The number of rotatable bonds is 5. The van der Waals surface area contributed by atoms with Gasteiger partial charge in [0, 0.05) is 17.5 Å². The van der Waals surface area contributed by atoms with E-state index in [4.69, 9.17) is 17.3 Å². The molecular formula is C25H23N5OS2. The van der Waals surface area contributed by atoms with E-state index in [0.717, 1.165) is 30.5 Å². The minimum Gasteiger partial charge on any atom is -0.276 e. The lowest BCUT2D eigenvalue weighted by atomic mass is 10.2. The Labute approximate surface area is 199 Å². The molecule has 0 bridgehead atoms. The summed E-state index contributed by atoms with van der Waals surface area (Å²) in [6.45, 7) is 2.06. The Balaban J connectivity index is 1.50. The van der Waals surface area contributed by atoms with Crippen LogP contribution in [0.15, 0.2) is 76.9 Å². The van der Waals surface area contributed by atoms with E-state index in [1.54, 1.807) is 15.9 Å². The fourth-order valence-electron chi connectivity index (χ4n) is 4.84. The van der Waals surface area contributed by atoms with Crippen molar-refractivity contribution in [1.82, 2.24) is 23.6 Å². The number of fused-ring (bicyclic) bond motifs is 3. The molecule has 1 aliphatic rings. The number of hydrogen-bond donors (Lipinski definition) is 0. The molecular weight excluding hydrogens is 450 g/mol. The van der Waals surface area contributed by atoms with Crippen molar-refractivity contribution < 1.29 is 0 Å². The van der Waals surface area contributed by atoms with Crippen molar-refractivity contribution in [1.29, 1.82) is 0 Å². The lowest BCUT2D eigenvalue weighted by Crippen LogP contribution is -2.26.